The standard InChI is InChI=1S/C22H22N4O8S/c23-13-35-18-3-1-14(2-4-18)15-5-16(7-25(9-19(27)28)10-20(29)30)24-17(6-15)8-26(11-21(31)32)12-22(33)34/h1-6H,7-12H2,(H,27,28)(H,29,30)(H,31,32)(H,33,34). The molecule has 0 atom stereocenters. The summed E-state index contributed by atoms with van der Waals surface area (Å²) in [7, 11) is 0. The maximum atomic E-state index is 11.2. The second-order valence-electron chi connectivity index (χ2n) is 7.42. The Labute approximate surface area is 204 Å². The molecule has 184 valence electrons. The molecule has 12 nitrogen and oxygen atoms in total. The highest BCUT2D eigenvalue weighted by atomic mass is 32.2. The Morgan fingerprint density at radius 2 is 1.14 bits per heavy atom. The predicted octanol–water partition coefficient (Wildman–Crippen LogP) is 1.26. The highest BCUT2D eigenvalue weighted by Crippen LogP contribution is 2.25. The lowest BCUT2D eigenvalue weighted by molar-refractivity contribution is -0.144. The van der Waals surface area contributed by atoms with Gasteiger partial charge in [-0.25, -0.2) is 0 Å². The van der Waals surface area contributed by atoms with E-state index < -0.39 is 50.1 Å². The van der Waals surface area contributed by atoms with Crippen molar-refractivity contribution in [3.8, 4) is 16.5 Å². The zero-order chi connectivity index (χ0) is 26.0. The van der Waals surface area contributed by atoms with Crippen molar-refractivity contribution < 1.29 is 39.6 Å². The van der Waals surface area contributed by atoms with Gasteiger partial charge in [-0.1, -0.05) is 12.1 Å². The molecule has 0 unspecified atom stereocenters. The fourth-order valence-electron chi connectivity index (χ4n) is 3.31. The molecule has 0 aliphatic heterocycles. The molecule has 0 aliphatic rings. The molecule has 0 spiro atoms. The van der Waals surface area contributed by atoms with E-state index in [0.717, 1.165) is 11.8 Å². The van der Waals surface area contributed by atoms with Gasteiger partial charge in [-0.2, -0.15) is 5.26 Å². The molecule has 1 heterocycles. The van der Waals surface area contributed by atoms with Crippen LogP contribution < -0.4 is 0 Å². The molecule has 1 aromatic heterocycles. The van der Waals surface area contributed by atoms with Gasteiger partial charge in [0.1, 0.15) is 5.40 Å². The van der Waals surface area contributed by atoms with Crippen LogP contribution in [0.1, 0.15) is 11.4 Å². The van der Waals surface area contributed by atoms with E-state index in [0.29, 0.717) is 27.4 Å². The minimum atomic E-state index is -1.22. The zero-order valence-corrected chi connectivity index (χ0v) is 19.1. The molecule has 2 rings (SSSR count). The second-order valence-corrected chi connectivity index (χ2v) is 8.28. The molecular weight excluding hydrogens is 480 g/mol. The molecule has 0 bridgehead atoms. The number of thioether (sulfide) groups is 1. The van der Waals surface area contributed by atoms with Crippen LogP contribution in [0.5, 0.6) is 0 Å². The number of aliphatic carboxylic acids is 4. The first-order valence-electron chi connectivity index (χ1n) is 10.0. The minimum absolute atomic E-state index is 0.125. The number of carboxylic acids is 4. The van der Waals surface area contributed by atoms with Crippen LogP contribution in [0, 0.1) is 10.7 Å². The minimum Gasteiger partial charge on any atom is -0.480 e. The van der Waals surface area contributed by atoms with Crippen LogP contribution in [0.25, 0.3) is 11.1 Å². The van der Waals surface area contributed by atoms with E-state index >= 15 is 0 Å². The first-order valence-corrected chi connectivity index (χ1v) is 10.9. The molecule has 35 heavy (non-hydrogen) atoms. The molecule has 4 N–H and O–H groups in total. The van der Waals surface area contributed by atoms with Crippen molar-refractivity contribution in [1.82, 2.24) is 14.8 Å². The van der Waals surface area contributed by atoms with E-state index in [4.69, 9.17) is 25.7 Å². The fraction of sp³-hybridized carbons (Fsp3) is 0.273. The lowest BCUT2D eigenvalue weighted by atomic mass is 10.0. The van der Waals surface area contributed by atoms with Crippen molar-refractivity contribution in [3.05, 3.63) is 47.8 Å². The van der Waals surface area contributed by atoms with Crippen LogP contribution >= 0.6 is 11.8 Å². The highest BCUT2D eigenvalue weighted by molar-refractivity contribution is 8.03. The Bertz CT molecular complexity index is 1050. The molecular formula is C22H22N4O8S. The number of nitriles is 1. The van der Waals surface area contributed by atoms with Gasteiger partial charge in [0.05, 0.1) is 37.6 Å². The number of carboxylic acid groups (broad SMARTS) is 4. The number of benzene rings is 1. The number of hydrogen-bond donors (Lipinski definition) is 4. The highest BCUT2D eigenvalue weighted by Gasteiger charge is 2.18. The Kier molecular flexibility index (Phi) is 10.2. The smallest absolute Gasteiger partial charge is 0.317 e. The molecule has 0 fully saturated rings. The molecule has 13 heteroatoms. The largest absolute Gasteiger partial charge is 0.480 e. The van der Waals surface area contributed by atoms with Gasteiger partial charge in [0, 0.05) is 18.0 Å². The number of rotatable bonds is 14. The summed E-state index contributed by atoms with van der Waals surface area (Å²) in [6, 6.07) is 10.2. The maximum absolute atomic E-state index is 11.2. The third kappa shape index (κ3) is 9.80. The first-order chi connectivity index (χ1) is 16.5. The Morgan fingerprint density at radius 3 is 1.49 bits per heavy atom. The number of thiocyanates is 1. The number of hydrogen-bond acceptors (Lipinski definition) is 9. The number of pyridine rings is 1. The Morgan fingerprint density at radius 1 is 0.743 bits per heavy atom. The van der Waals surface area contributed by atoms with Gasteiger partial charge in [0.25, 0.3) is 0 Å². The Hall–Kier alpha value is -3.99. The molecule has 0 saturated carbocycles. The average molecular weight is 503 g/mol. The van der Waals surface area contributed by atoms with E-state index in [1.165, 1.54) is 9.80 Å². The molecule has 0 amide bonds. The van der Waals surface area contributed by atoms with Gasteiger partial charge >= 0.3 is 23.9 Å². The van der Waals surface area contributed by atoms with Gasteiger partial charge in [-0.3, -0.25) is 34.0 Å². The molecule has 1 aromatic carbocycles. The summed E-state index contributed by atoms with van der Waals surface area (Å²) >= 11 is 0.982. The molecule has 2 aromatic rings. The summed E-state index contributed by atoms with van der Waals surface area (Å²) in [6.45, 7) is -2.43. The summed E-state index contributed by atoms with van der Waals surface area (Å²) in [4.78, 5) is 52.2. The summed E-state index contributed by atoms with van der Waals surface area (Å²) in [5.41, 5.74) is 1.97. The number of aromatic nitrogens is 1. The van der Waals surface area contributed by atoms with Crippen molar-refractivity contribution in [1.29, 1.82) is 5.26 Å². The van der Waals surface area contributed by atoms with Crippen molar-refractivity contribution in [2.45, 2.75) is 18.0 Å². The first kappa shape index (κ1) is 27.3. The quantitative estimate of drug-likeness (QED) is 0.213. The van der Waals surface area contributed by atoms with Gasteiger partial charge in [-0.15, -0.1) is 0 Å². The van der Waals surface area contributed by atoms with Crippen molar-refractivity contribution in [2.24, 2.45) is 0 Å². The van der Waals surface area contributed by atoms with Crippen LogP contribution in [0.15, 0.2) is 41.3 Å². The lowest BCUT2D eigenvalue weighted by Gasteiger charge is -2.21. The maximum Gasteiger partial charge on any atom is 0.317 e. The zero-order valence-electron chi connectivity index (χ0n) is 18.3. The van der Waals surface area contributed by atoms with Crippen LogP contribution in [0.4, 0.5) is 0 Å². The van der Waals surface area contributed by atoms with Gasteiger partial charge in [-0.05, 0) is 47.2 Å². The summed E-state index contributed by atoms with van der Waals surface area (Å²) in [5, 5.41) is 47.3. The number of carbonyl (C=O) groups is 4. The third-order valence-corrected chi connectivity index (χ3v) is 5.09. The fourth-order valence-corrected chi connectivity index (χ4v) is 3.68. The van der Waals surface area contributed by atoms with Gasteiger partial charge in [0.2, 0.25) is 0 Å². The molecule has 0 saturated heterocycles. The van der Waals surface area contributed by atoms with Gasteiger partial charge < -0.3 is 20.4 Å². The third-order valence-electron chi connectivity index (χ3n) is 4.49. The lowest BCUT2D eigenvalue weighted by Crippen LogP contribution is -2.35. The summed E-state index contributed by atoms with van der Waals surface area (Å²) in [5.74, 6) is -4.88. The monoisotopic (exact) mass is 502 g/mol. The Balaban J connectivity index is 2.47. The predicted molar refractivity (Wildman–Crippen MR) is 122 cm³/mol. The van der Waals surface area contributed by atoms with Crippen molar-refractivity contribution in [3.63, 3.8) is 0 Å². The van der Waals surface area contributed by atoms with Crippen LogP contribution in [0.3, 0.4) is 0 Å². The SMILES string of the molecule is N#CSc1ccc(-c2cc(CN(CC(=O)O)CC(=O)O)nc(CN(CC(=O)O)CC(=O)O)c2)cc1. The van der Waals surface area contributed by atoms with Crippen LogP contribution in [-0.2, 0) is 32.3 Å². The average Bonchev–Trinajstić information content (AvgIpc) is 2.72. The second kappa shape index (κ2) is 13.0. The van der Waals surface area contributed by atoms with Crippen LogP contribution in [-0.4, -0.2) is 85.3 Å². The van der Waals surface area contributed by atoms with E-state index in [1.54, 1.807) is 36.4 Å². The summed E-state index contributed by atoms with van der Waals surface area (Å²) in [6.07, 6.45) is 0. The van der Waals surface area contributed by atoms with E-state index in [2.05, 4.69) is 4.98 Å². The van der Waals surface area contributed by atoms with E-state index in [9.17, 15) is 19.2 Å². The molecule has 0 radical (unpaired) electrons. The topological polar surface area (TPSA) is 192 Å². The van der Waals surface area contributed by atoms with Crippen LogP contribution in [0.2, 0.25) is 0 Å². The van der Waals surface area contributed by atoms with E-state index in [-0.39, 0.29) is 13.1 Å². The number of nitrogens with zero attached hydrogens (tertiary/aromatic N) is 4. The molecule has 0 aliphatic carbocycles. The van der Waals surface area contributed by atoms with Crippen molar-refractivity contribution in [2.75, 3.05) is 26.2 Å². The van der Waals surface area contributed by atoms with Gasteiger partial charge in [0.15, 0.2) is 0 Å². The van der Waals surface area contributed by atoms with E-state index in [1.807, 2.05) is 5.40 Å². The summed E-state index contributed by atoms with van der Waals surface area (Å²) < 4.78 is 0. The normalized spacial score (nSPS) is 10.8. The van der Waals surface area contributed by atoms with Crippen molar-refractivity contribution >= 4 is 35.6 Å².